The quantitative estimate of drug-likeness (QED) is 0.325. The predicted molar refractivity (Wildman–Crippen MR) is 137 cm³/mol. The third-order valence-electron chi connectivity index (χ3n) is 6.99. The Morgan fingerprint density at radius 2 is 1.66 bits per heavy atom. The van der Waals surface area contributed by atoms with Crippen molar-refractivity contribution in [2.45, 2.75) is 5.92 Å². The summed E-state index contributed by atoms with van der Waals surface area (Å²) in [5, 5.41) is 11.3. The van der Waals surface area contributed by atoms with Crippen molar-refractivity contribution in [3.8, 4) is 5.75 Å². The van der Waals surface area contributed by atoms with Gasteiger partial charge in [-0.2, -0.15) is 4.57 Å². The van der Waals surface area contributed by atoms with Crippen molar-refractivity contribution in [3.05, 3.63) is 133 Å². The first-order valence-corrected chi connectivity index (χ1v) is 11.8. The molecule has 8 nitrogen and oxygen atoms in total. The molecule has 9 heteroatoms. The van der Waals surface area contributed by atoms with Crippen molar-refractivity contribution in [1.82, 2.24) is 9.13 Å². The molecule has 0 saturated heterocycles. The molecule has 3 aromatic carbocycles. The molecule has 1 aromatic heterocycles. The van der Waals surface area contributed by atoms with Gasteiger partial charge in [-0.25, -0.2) is 23.5 Å². The van der Waals surface area contributed by atoms with Crippen molar-refractivity contribution in [1.29, 1.82) is 0 Å². The van der Waals surface area contributed by atoms with Gasteiger partial charge in [0.2, 0.25) is 0 Å². The topological polar surface area (TPSA) is 105 Å². The Morgan fingerprint density at radius 1 is 0.947 bits per heavy atom. The summed E-state index contributed by atoms with van der Waals surface area (Å²) < 4.78 is 22.0. The SMILES string of the molecule is Cn1c2c(c(=O)n(C)c1=O)C(c1cccc(OC(=O)c3ccccc3F)c1)C1=C(O)c3ccccc3C1=[NH+]2. The highest BCUT2D eigenvalue weighted by Gasteiger charge is 2.44. The normalized spacial score (nSPS) is 15.4. The minimum atomic E-state index is -0.869. The van der Waals surface area contributed by atoms with Crippen LogP contribution in [-0.4, -0.2) is 25.9 Å². The van der Waals surface area contributed by atoms with E-state index >= 15 is 0 Å². The number of aromatic nitrogens is 2. The number of allylic oxidation sites excluding steroid dienone is 1. The number of ether oxygens (including phenoxy) is 1. The minimum Gasteiger partial charge on any atom is -0.507 e. The van der Waals surface area contributed by atoms with E-state index in [9.17, 15) is 23.9 Å². The maximum Gasteiger partial charge on any atom is 0.417 e. The molecule has 1 aliphatic heterocycles. The van der Waals surface area contributed by atoms with Gasteiger partial charge in [0.25, 0.3) is 11.4 Å². The first-order valence-electron chi connectivity index (χ1n) is 11.8. The number of aliphatic hydroxyl groups is 1. The molecule has 2 heterocycles. The second kappa shape index (κ2) is 8.52. The summed E-state index contributed by atoms with van der Waals surface area (Å²) in [6.07, 6.45) is 0. The number of hydrogen-bond donors (Lipinski definition) is 2. The standard InChI is InChI=1S/C29H20FN3O5/c1-32-26-23(27(35)33(2)29(32)37)21(22-24(31-26)17-10-3-4-11-18(17)25(22)34)15-8-7-9-16(14-15)38-28(36)19-12-5-6-13-20(19)30/h3-14,21,34H,1-2H3/p+1. The molecule has 1 atom stereocenters. The lowest BCUT2D eigenvalue weighted by Gasteiger charge is -2.24. The fourth-order valence-electron chi connectivity index (χ4n) is 5.16. The number of benzene rings is 3. The monoisotopic (exact) mass is 510 g/mol. The van der Waals surface area contributed by atoms with Gasteiger partial charge in [-0.3, -0.25) is 4.79 Å². The predicted octanol–water partition coefficient (Wildman–Crippen LogP) is 2.07. The molecule has 2 aliphatic rings. The van der Waals surface area contributed by atoms with E-state index in [0.717, 1.165) is 10.1 Å². The molecular formula is C29H21FN3O5+. The summed E-state index contributed by atoms with van der Waals surface area (Å²) >= 11 is 0. The van der Waals surface area contributed by atoms with Crippen LogP contribution in [0.3, 0.4) is 0 Å². The molecule has 0 spiro atoms. The largest absolute Gasteiger partial charge is 0.507 e. The first-order chi connectivity index (χ1) is 18.3. The minimum absolute atomic E-state index is 0.00316. The summed E-state index contributed by atoms with van der Waals surface area (Å²) in [4.78, 5) is 42.2. The van der Waals surface area contributed by atoms with Crippen LogP contribution in [0.25, 0.3) is 5.76 Å². The second-order valence-corrected chi connectivity index (χ2v) is 9.15. The highest BCUT2D eigenvalue weighted by Crippen LogP contribution is 2.44. The van der Waals surface area contributed by atoms with E-state index < -0.39 is 29.0 Å². The Morgan fingerprint density at radius 3 is 2.42 bits per heavy atom. The highest BCUT2D eigenvalue weighted by atomic mass is 19.1. The van der Waals surface area contributed by atoms with Crippen molar-refractivity contribution in [2.24, 2.45) is 14.1 Å². The van der Waals surface area contributed by atoms with Gasteiger partial charge >= 0.3 is 11.7 Å². The van der Waals surface area contributed by atoms with E-state index in [1.54, 1.807) is 43.4 Å². The fraction of sp³-hybridized carbons (Fsp3) is 0.103. The maximum absolute atomic E-state index is 14.1. The third-order valence-corrected chi connectivity index (χ3v) is 6.99. The van der Waals surface area contributed by atoms with Crippen molar-refractivity contribution >= 4 is 23.3 Å². The van der Waals surface area contributed by atoms with Crippen LogP contribution in [0, 0.1) is 5.82 Å². The molecule has 1 unspecified atom stereocenters. The van der Waals surface area contributed by atoms with Crippen LogP contribution in [-0.2, 0) is 14.1 Å². The van der Waals surface area contributed by atoms with Crippen molar-refractivity contribution in [3.63, 3.8) is 0 Å². The van der Waals surface area contributed by atoms with E-state index in [1.165, 1.54) is 35.9 Å². The number of aliphatic hydroxyl groups excluding tert-OH is 1. The molecular weight excluding hydrogens is 489 g/mol. The average molecular weight is 511 g/mol. The number of nitrogens with one attached hydrogen (secondary N) is 1. The Labute approximate surface area is 215 Å². The summed E-state index contributed by atoms with van der Waals surface area (Å²) in [7, 11) is 2.96. The maximum atomic E-state index is 14.1. The molecule has 0 saturated carbocycles. The van der Waals surface area contributed by atoms with Crippen molar-refractivity contribution < 1.29 is 24.0 Å². The zero-order chi connectivity index (χ0) is 26.7. The number of hydrogen-bond acceptors (Lipinski definition) is 5. The summed E-state index contributed by atoms with van der Waals surface area (Å²) in [6.45, 7) is 0. The molecule has 188 valence electrons. The zero-order valence-electron chi connectivity index (χ0n) is 20.4. The summed E-state index contributed by atoms with van der Waals surface area (Å²) in [5.74, 6) is -1.93. The number of halogens is 1. The van der Waals surface area contributed by atoms with E-state index in [1.807, 2.05) is 12.1 Å². The van der Waals surface area contributed by atoms with Gasteiger partial charge in [-0.1, -0.05) is 42.5 Å². The van der Waals surface area contributed by atoms with Crippen LogP contribution < -0.4 is 21.0 Å². The van der Waals surface area contributed by atoms with Crippen LogP contribution >= 0.6 is 0 Å². The molecule has 6 rings (SSSR count). The Hall–Kier alpha value is -5.05. The van der Waals surface area contributed by atoms with Crippen LogP contribution in [0.4, 0.5) is 10.2 Å². The van der Waals surface area contributed by atoms with Gasteiger partial charge in [-0.15, -0.1) is 0 Å². The molecule has 4 aromatic rings. The van der Waals surface area contributed by atoms with Gasteiger partial charge in [0.15, 0.2) is 0 Å². The Bertz CT molecular complexity index is 1860. The zero-order valence-corrected chi connectivity index (χ0v) is 20.4. The molecule has 0 radical (unpaired) electrons. The van der Waals surface area contributed by atoms with Crippen LogP contribution in [0.5, 0.6) is 5.75 Å². The second-order valence-electron chi connectivity index (χ2n) is 9.15. The number of fused-ring (bicyclic) bond motifs is 4. The molecule has 0 amide bonds. The lowest BCUT2D eigenvalue weighted by Crippen LogP contribution is -2.73. The van der Waals surface area contributed by atoms with Gasteiger partial charge in [0.1, 0.15) is 28.6 Å². The molecule has 2 N–H and O–H groups in total. The number of carbonyl (C=O) groups is 1. The highest BCUT2D eigenvalue weighted by molar-refractivity contribution is 6.21. The number of nitrogens with zero attached hydrogens (tertiary/aromatic N) is 2. The number of rotatable bonds is 3. The van der Waals surface area contributed by atoms with Crippen molar-refractivity contribution in [2.75, 3.05) is 0 Å². The number of esters is 1. The molecule has 38 heavy (non-hydrogen) atoms. The molecule has 0 fully saturated rings. The van der Waals surface area contributed by atoms with Crippen LogP contribution in [0.1, 0.15) is 38.5 Å². The van der Waals surface area contributed by atoms with Gasteiger partial charge in [0, 0.05) is 18.2 Å². The summed E-state index contributed by atoms with van der Waals surface area (Å²) in [5.41, 5.74) is 1.91. The van der Waals surface area contributed by atoms with Gasteiger partial charge in [0.05, 0.1) is 24.1 Å². The molecule has 0 bridgehead atoms. The molecule has 1 aliphatic carbocycles. The van der Waals surface area contributed by atoms with Gasteiger partial charge < -0.3 is 9.84 Å². The van der Waals surface area contributed by atoms with Crippen LogP contribution in [0.15, 0.2) is 88.0 Å². The van der Waals surface area contributed by atoms with Gasteiger partial charge in [-0.05, 0) is 35.9 Å². The van der Waals surface area contributed by atoms with E-state index in [2.05, 4.69) is 4.99 Å². The lowest BCUT2D eigenvalue weighted by atomic mass is 9.81. The Balaban J connectivity index is 1.55. The third kappa shape index (κ3) is 3.36. The summed E-state index contributed by atoms with van der Waals surface area (Å²) in [6, 6.07) is 19.3. The average Bonchev–Trinajstić information content (AvgIpc) is 3.21. The number of carbonyl (C=O) groups excluding carboxylic acids is 1. The lowest BCUT2D eigenvalue weighted by molar-refractivity contribution is -0.364. The smallest absolute Gasteiger partial charge is 0.417 e. The fourth-order valence-corrected chi connectivity index (χ4v) is 5.16. The Kier molecular flexibility index (Phi) is 5.23. The van der Waals surface area contributed by atoms with Crippen LogP contribution in [0.2, 0.25) is 0 Å². The van der Waals surface area contributed by atoms with E-state index in [4.69, 9.17) is 4.74 Å². The first kappa shape index (κ1) is 23.4. The van der Waals surface area contributed by atoms with E-state index in [0.29, 0.717) is 28.2 Å². The van der Waals surface area contributed by atoms with E-state index in [-0.39, 0.29) is 22.6 Å².